The molecule has 0 atom stereocenters. The van der Waals surface area contributed by atoms with Gasteiger partial charge in [0.1, 0.15) is 11.3 Å². The molecule has 1 N–H and O–H groups in total. The summed E-state index contributed by atoms with van der Waals surface area (Å²) in [7, 11) is 1.44. The van der Waals surface area contributed by atoms with Crippen LogP contribution in [0.25, 0.3) is 6.08 Å². The maximum Gasteiger partial charge on any atom is 0.341 e. The minimum absolute atomic E-state index is 0.323. The van der Waals surface area contributed by atoms with Crippen molar-refractivity contribution in [2.45, 2.75) is 13.3 Å². The summed E-state index contributed by atoms with van der Waals surface area (Å²) in [5, 5.41) is 8.55. The molecule has 5 heteroatoms. The number of carboxylic acid groups (broad SMARTS) is 1. The number of rotatable bonds is 6. The van der Waals surface area contributed by atoms with E-state index in [0.717, 1.165) is 12.5 Å². The second-order valence-electron chi connectivity index (χ2n) is 3.77. The summed E-state index contributed by atoms with van der Waals surface area (Å²) in [6.45, 7) is 2.26. The lowest BCUT2D eigenvalue weighted by molar-refractivity contribution is -0.131. The Morgan fingerprint density at radius 2 is 2.11 bits per heavy atom. The van der Waals surface area contributed by atoms with Crippen LogP contribution >= 0.6 is 0 Å². The van der Waals surface area contributed by atoms with Gasteiger partial charge in [-0.3, -0.25) is 0 Å². The molecule has 1 aromatic carbocycles. The van der Waals surface area contributed by atoms with Gasteiger partial charge in [-0.15, -0.1) is 0 Å². The Morgan fingerprint density at radius 1 is 1.37 bits per heavy atom. The Kier molecular flexibility index (Phi) is 5.60. The standard InChI is InChI=1S/C14H16O5/c1-3-8-19-14(17)11-6-4-10(5-7-13(15)16)9-12(11)18-2/h4-7,9H,3,8H2,1-2H3,(H,15,16)/b7-5+. The highest BCUT2D eigenvalue weighted by atomic mass is 16.5. The van der Waals surface area contributed by atoms with Crippen molar-refractivity contribution in [3.05, 3.63) is 35.4 Å². The van der Waals surface area contributed by atoms with E-state index < -0.39 is 11.9 Å². The fourth-order valence-electron chi connectivity index (χ4n) is 1.42. The number of methoxy groups -OCH3 is 1. The third kappa shape index (κ3) is 4.46. The van der Waals surface area contributed by atoms with E-state index in [-0.39, 0.29) is 0 Å². The van der Waals surface area contributed by atoms with Gasteiger partial charge in [0.15, 0.2) is 0 Å². The molecule has 0 aliphatic rings. The Balaban J connectivity index is 2.96. The number of carboxylic acids is 1. The number of carbonyl (C=O) groups excluding carboxylic acids is 1. The summed E-state index contributed by atoms with van der Waals surface area (Å²) in [6, 6.07) is 4.77. The summed E-state index contributed by atoms with van der Waals surface area (Å²) in [4.78, 5) is 22.2. The average molecular weight is 264 g/mol. The minimum atomic E-state index is -1.04. The zero-order valence-electron chi connectivity index (χ0n) is 10.9. The van der Waals surface area contributed by atoms with Gasteiger partial charge < -0.3 is 14.6 Å². The fourth-order valence-corrected chi connectivity index (χ4v) is 1.42. The molecule has 0 unspecified atom stereocenters. The van der Waals surface area contributed by atoms with Crippen molar-refractivity contribution in [1.29, 1.82) is 0 Å². The van der Waals surface area contributed by atoms with Crippen LogP contribution in [0.3, 0.4) is 0 Å². The van der Waals surface area contributed by atoms with Crippen molar-refractivity contribution < 1.29 is 24.2 Å². The minimum Gasteiger partial charge on any atom is -0.496 e. The van der Waals surface area contributed by atoms with Crippen molar-refractivity contribution in [2.75, 3.05) is 13.7 Å². The van der Waals surface area contributed by atoms with Crippen LogP contribution in [0.5, 0.6) is 5.75 Å². The second kappa shape index (κ2) is 7.20. The SMILES string of the molecule is CCCOC(=O)c1ccc(/C=C/C(=O)O)cc1OC. The molecular formula is C14H16O5. The van der Waals surface area contributed by atoms with E-state index in [0.29, 0.717) is 23.5 Å². The van der Waals surface area contributed by atoms with Gasteiger partial charge in [-0.1, -0.05) is 13.0 Å². The van der Waals surface area contributed by atoms with Crippen LogP contribution in [-0.2, 0) is 9.53 Å². The first-order valence-electron chi connectivity index (χ1n) is 5.84. The van der Waals surface area contributed by atoms with Crippen molar-refractivity contribution in [1.82, 2.24) is 0 Å². The van der Waals surface area contributed by atoms with Gasteiger partial charge in [-0.25, -0.2) is 9.59 Å². The van der Waals surface area contributed by atoms with Gasteiger partial charge in [-0.05, 0) is 30.2 Å². The molecule has 0 aliphatic carbocycles. The van der Waals surface area contributed by atoms with Crippen LogP contribution in [0.2, 0.25) is 0 Å². The molecule has 0 amide bonds. The largest absolute Gasteiger partial charge is 0.496 e. The number of carbonyl (C=O) groups is 2. The summed E-state index contributed by atoms with van der Waals surface area (Å²) >= 11 is 0. The first kappa shape index (κ1) is 14.8. The molecule has 19 heavy (non-hydrogen) atoms. The van der Waals surface area contributed by atoms with E-state index in [1.165, 1.54) is 13.2 Å². The van der Waals surface area contributed by atoms with Crippen LogP contribution in [0, 0.1) is 0 Å². The number of aliphatic carboxylic acids is 1. The molecule has 0 heterocycles. The highest BCUT2D eigenvalue weighted by molar-refractivity contribution is 5.93. The molecule has 1 rings (SSSR count). The molecule has 0 spiro atoms. The van der Waals surface area contributed by atoms with Crippen LogP contribution in [0.1, 0.15) is 29.3 Å². The van der Waals surface area contributed by atoms with E-state index in [1.54, 1.807) is 18.2 Å². The predicted molar refractivity (Wildman–Crippen MR) is 70.2 cm³/mol. The lowest BCUT2D eigenvalue weighted by Gasteiger charge is -2.09. The third-order valence-corrected chi connectivity index (χ3v) is 2.30. The zero-order chi connectivity index (χ0) is 14.3. The molecule has 102 valence electrons. The topological polar surface area (TPSA) is 72.8 Å². The van der Waals surface area contributed by atoms with Crippen LogP contribution in [0.4, 0.5) is 0 Å². The molecule has 5 nitrogen and oxygen atoms in total. The quantitative estimate of drug-likeness (QED) is 0.630. The zero-order valence-corrected chi connectivity index (χ0v) is 10.9. The van der Waals surface area contributed by atoms with Crippen LogP contribution < -0.4 is 4.74 Å². The van der Waals surface area contributed by atoms with E-state index in [9.17, 15) is 9.59 Å². The Labute approximate surface area is 111 Å². The monoisotopic (exact) mass is 264 g/mol. The summed E-state index contributed by atoms with van der Waals surface area (Å²) in [5.41, 5.74) is 0.953. The van der Waals surface area contributed by atoms with Gasteiger partial charge in [-0.2, -0.15) is 0 Å². The average Bonchev–Trinajstić information content (AvgIpc) is 2.42. The lowest BCUT2D eigenvalue weighted by atomic mass is 10.1. The van der Waals surface area contributed by atoms with Gasteiger partial charge in [0, 0.05) is 6.08 Å². The maximum absolute atomic E-state index is 11.7. The number of hydrogen-bond acceptors (Lipinski definition) is 4. The molecule has 0 saturated heterocycles. The Bertz CT molecular complexity index is 491. The molecule has 0 aromatic heterocycles. The molecule has 0 saturated carbocycles. The second-order valence-corrected chi connectivity index (χ2v) is 3.77. The smallest absolute Gasteiger partial charge is 0.341 e. The van der Waals surface area contributed by atoms with Crippen LogP contribution in [0.15, 0.2) is 24.3 Å². The number of esters is 1. The van der Waals surface area contributed by atoms with Gasteiger partial charge >= 0.3 is 11.9 Å². The highest BCUT2D eigenvalue weighted by Crippen LogP contribution is 2.22. The van der Waals surface area contributed by atoms with Crippen molar-refractivity contribution in [2.24, 2.45) is 0 Å². The van der Waals surface area contributed by atoms with Gasteiger partial charge in [0.25, 0.3) is 0 Å². The lowest BCUT2D eigenvalue weighted by Crippen LogP contribution is -2.07. The first-order valence-corrected chi connectivity index (χ1v) is 5.84. The van der Waals surface area contributed by atoms with Crippen LogP contribution in [-0.4, -0.2) is 30.8 Å². The molecule has 0 aliphatic heterocycles. The van der Waals surface area contributed by atoms with Crippen molar-refractivity contribution in [3.8, 4) is 5.75 Å². The van der Waals surface area contributed by atoms with Gasteiger partial charge in [0.2, 0.25) is 0 Å². The normalized spacial score (nSPS) is 10.4. The van der Waals surface area contributed by atoms with E-state index in [1.807, 2.05) is 6.92 Å². The molecule has 0 bridgehead atoms. The number of hydrogen-bond donors (Lipinski definition) is 1. The van der Waals surface area contributed by atoms with E-state index in [4.69, 9.17) is 14.6 Å². The van der Waals surface area contributed by atoms with Crippen molar-refractivity contribution >= 4 is 18.0 Å². The van der Waals surface area contributed by atoms with E-state index in [2.05, 4.69) is 0 Å². The maximum atomic E-state index is 11.7. The first-order chi connectivity index (χ1) is 9.08. The molecule has 0 radical (unpaired) electrons. The summed E-state index contributed by atoms with van der Waals surface area (Å²) in [5.74, 6) is -1.13. The Hall–Kier alpha value is -2.30. The Morgan fingerprint density at radius 3 is 2.68 bits per heavy atom. The number of benzene rings is 1. The molecular weight excluding hydrogens is 248 g/mol. The third-order valence-electron chi connectivity index (χ3n) is 2.30. The highest BCUT2D eigenvalue weighted by Gasteiger charge is 2.13. The fraction of sp³-hybridized carbons (Fsp3) is 0.286. The molecule has 0 fully saturated rings. The van der Waals surface area contributed by atoms with Gasteiger partial charge in [0.05, 0.1) is 13.7 Å². The van der Waals surface area contributed by atoms with E-state index >= 15 is 0 Å². The molecule has 1 aromatic rings. The predicted octanol–water partition coefficient (Wildman–Crippen LogP) is 2.36. The summed E-state index contributed by atoms with van der Waals surface area (Å²) < 4.78 is 10.1. The van der Waals surface area contributed by atoms with Crippen molar-refractivity contribution in [3.63, 3.8) is 0 Å². The summed E-state index contributed by atoms with van der Waals surface area (Å²) in [6.07, 6.45) is 3.18. The number of ether oxygens (including phenoxy) is 2.